The van der Waals surface area contributed by atoms with E-state index >= 15 is 0 Å². The first-order valence-corrected chi connectivity index (χ1v) is 2.90. The summed E-state index contributed by atoms with van der Waals surface area (Å²) in [7, 11) is 0. The second-order valence-corrected chi connectivity index (χ2v) is 2.08. The molecule has 48 valence electrons. The van der Waals surface area contributed by atoms with E-state index in [0.717, 1.165) is 0 Å². The van der Waals surface area contributed by atoms with Crippen molar-refractivity contribution in [3.05, 3.63) is 23.7 Å². The minimum Gasteiger partial charge on any atom is -0.498 e. The number of furan rings is 1. The van der Waals surface area contributed by atoms with Crippen LogP contribution in [0.1, 0.15) is 11.3 Å². The lowest BCUT2D eigenvalue weighted by atomic mass is 10.3. The Hall–Kier alpha value is -0.830. The normalized spacial score (nSPS) is 9.44. The van der Waals surface area contributed by atoms with Gasteiger partial charge in [-0.15, -0.1) is 0 Å². The van der Waals surface area contributed by atoms with Gasteiger partial charge in [0.05, 0.1) is 11.8 Å². The molecular weight excluding hydrogens is 136 g/mol. The fourth-order valence-corrected chi connectivity index (χ4v) is 0.819. The Morgan fingerprint density at radius 2 is 2.44 bits per heavy atom. The van der Waals surface area contributed by atoms with E-state index < -0.39 is 0 Å². The minimum atomic E-state index is -0.110. The second-order valence-electron chi connectivity index (χ2n) is 1.70. The zero-order chi connectivity index (χ0) is 6.85. The van der Waals surface area contributed by atoms with Gasteiger partial charge in [-0.25, -0.2) is 0 Å². The van der Waals surface area contributed by atoms with Gasteiger partial charge in [0, 0.05) is 0 Å². The molecule has 1 aromatic heterocycles. The molecule has 1 N–H and O–H groups in total. The lowest BCUT2D eigenvalue weighted by Crippen LogP contribution is -1.92. The van der Waals surface area contributed by atoms with Crippen molar-refractivity contribution in [2.75, 3.05) is 0 Å². The van der Waals surface area contributed by atoms with E-state index in [9.17, 15) is 0 Å². The van der Waals surface area contributed by atoms with Gasteiger partial charge in [0.25, 0.3) is 0 Å². The number of aliphatic hydroxyl groups excluding tert-OH is 1. The highest BCUT2D eigenvalue weighted by Gasteiger charge is 2.03. The van der Waals surface area contributed by atoms with E-state index in [1.54, 1.807) is 13.0 Å². The summed E-state index contributed by atoms with van der Waals surface area (Å²) in [4.78, 5) is 0. The Morgan fingerprint density at radius 1 is 1.78 bits per heavy atom. The minimum absolute atomic E-state index is 0.110. The molecule has 0 saturated carbocycles. The van der Waals surface area contributed by atoms with Gasteiger partial charge in [0.15, 0.2) is 5.05 Å². The first kappa shape index (κ1) is 6.29. The molecule has 1 aromatic rings. The van der Waals surface area contributed by atoms with Crippen LogP contribution >= 0.6 is 12.2 Å². The van der Waals surface area contributed by atoms with Crippen LogP contribution in [0.25, 0.3) is 0 Å². The van der Waals surface area contributed by atoms with Gasteiger partial charge in [0.1, 0.15) is 5.76 Å². The van der Waals surface area contributed by atoms with Crippen molar-refractivity contribution in [2.45, 2.75) is 6.92 Å². The molecule has 0 unspecified atom stereocenters. The Bertz CT molecular complexity index is 227. The molecule has 0 saturated heterocycles. The number of aliphatic hydroxyl groups is 1. The van der Waals surface area contributed by atoms with Crippen LogP contribution in [-0.2, 0) is 0 Å². The largest absolute Gasteiger partial charge is 0.498 e. The van der Waals surface area contributed by atoms with E-state index in [1.165, 1.54) is 6.26 Å². The number of aryl methyl sites for hydroxylation is 1. The molecule has 2 nitrogen and oxygen atoms in total. The molecule has 1 heterocycles. The molecule has 0 aromatic carbocycles. The molecule has 0 bridgehead atoms. The average molecular weight is 142 g/mol. The predicted molar refractivity (Wildman–Crippen MR) is 37.8 cm³/mol. The van der Waals surface area contributed by atoms with Crippen molar-refractivity contribution in [3.8, 4) is 0 Å². The van der Waals surface area contributed by atoms with Gasteiger partial charge < -0.3 is 9.52 Å². The predicted octanol–water partition coefficient (Wildman–Crippen LogP) is 1.82. The molecule has 1 rings (SSSR count). The molecule has 0 spiro atoms. The van der Waals surface area contributed by atoms with Gasteiger partial charge in [-0.3, -0.25) is 0 Å². The lowest BCUT2D eigenvalue weighted by Gasteiger charge is -1.88. The van der Waals surface area contributed by atoms with E-state index in [4.69, 9.17) is 9.52 Å². The van der Waals surface area contributed by atoms with Crippen molar-refractivity contribution < 1.29 is 9.52 Å². The van der Waals surface area contributed by atoms with E-state index in [-0.39, 0.29) is 5.05 Å². The number of hydrogen-bond acceptors (Lipinski definition) is 2. The summed E-state index contributed by atoms with van der Waals surface area (Å²) < 4.78 is 4.88. The van der Waals surface area contributed by atoms with Crippen molar-refractivity contribution in [2.24, 2.45) is 0 Å². The molecule has 0 aliphatic carbocycles. The van der Waals surface area contributed by atoms with Gasteiger partial charge in [-0.1, -0.05) is 0 Å². The standard InChI is InChI=1S/C6H6O2S/c1-4-5(6(7)9)2-3-8-4/h2-3H,1H3,(H,7,9). The van der Waals surface area contributed by atoms with Crippen LogP contribution in [0.2, 0.25) is 0 Å². The smallest absolute Gasteiger partial charge is 0.192 e. The molecule has 0 aliphatic rings. The first-order valence-electron chi connectivity index (χ1n) is 2.49. The summed E-state index contributed by atoms with van der Waals surface area (Å²) in [6.07, 6.45) is 1.49. The summed E-state index contributed by atoms with van der Waals surface area (Å²) >= 11 is 4.50. The zero-order valence-electron chi connectivity index (χ0n) is 4.92. The number of thiocarbonyl (C=S) groups is 1. The van der Waals surface area contributed by atoms with Crippen LogP contribution in [-0.4, -0.2) is 10.2 Å². The Labute approximate surface area is 58.1 Å². The topological polar surface area (TPSA) is 33.4 Å². The van der Waals surface area contributed by atoms with Crippen molar-refractivity contribution in [1.29, 1.82) is 0 Å². The van der Waals surface area contributed by atoms with E-state index in [0.29, 0.717) is 11.3 Å². The quantitative estimate of drug-likeness (QED) is 0.607. The summed E-state index contributed by atoms with van der Waals surface area (Å²) in [6, 6.07) is 1.64. The van der Waals surface area contributed by atoms with Crippen molar-refractivity contribution >= 4 is 17.3 Å². The van der Waals surface area contributed by atoms with Crippen LogP contribution in [0.3, 0.4) is 0 Å². The highest BCUT2D eigenvalue weighted by molar-refractivity contribution is 7.80. The fraction of sp³-hybridized carbons (Fsp3) is 0.167. The SMILES string of the molecule is Cc1occc1C(O)=S. The van der Waals surface area contributed by atoms with E-state index in [1.807, 2.05) is 0 Å². The molecule has 0 radical (unpaired) electrons. The van der Waals surface area contributed by atoms with Crippen LogP contribution in [0.5, 0.6) is 0 Å². The second kappa shape index (κ2) is 2.19. The Balaban J connectivity index is 3.08. The van der Waals surface area contributed by atoms with Crippen molar-refractivity contribution in [3.63, 3.8) is 0 Å². The highest BCUT2D eigenvalue weighted by atomic mass is 32.1. The number of hydrogen-bond donors (Lipinski definition) is 1. The van der Waals surface area contributed by atoms with Crippen LogP contribution < -0.4 is 0 Å². The third-order valence-corrected chi connectivity index (χ3v) is 1.31. The summed E-state index contributed by atoms with van der Waals surface area (Å²) in [5, 5.41) is 8.65. The molecule has 0 atom stereocenters. The summed E-state index contributed by atoms with van der Waals surface area (Å²) in [5.74, 6) is 0.655. The van der Waals surface area contributed by atoms with Gasteiger partial charge >= 0.3 is 0 Å². The zero-order valence-corrected chi connectivity index (χ0v) is 5.73. The summed E-state index contributed by atoms with van der Waals surface area (Å²) in [5.41, 5.74) is 0.602. The third-order valence-electron chi connectivity index (χ3n) is 1.09. The van der Waals surface area contributed by atoms with Crippen LogP contribution in [0.15, 0.2) is 16.7 Å². The monoisotopic (exact) mass is 142 g/mol. The lowest BCUT2D eigenvalue weighted by molar-refractivity contribution is 0.527. The Morgan fingerprint density at radius 3 is 2.67 bits per heavy atom. The average Bonchev–Trinajstić information content (AvgIpc) is 2.13. The first-order chi connectivity index (χ1) is 4.22. The Kier molecular flexibility index (Phi) is 1.53. The van der Waals surface area contributed by atoms with Gasteiger partial charge in [-0.2, -0.15) is 0 Å². The molecule has 0 aliphatic heterocycles. The molecule has 0 fully saturated rings. The molecule has 3 heteroatoms. The maximum atomic E-state index is 8.76. The molecule has 9 heavy (non-hydrogen) atoms. The third kappa shape index (κ3) is 1.10. The summed E-state index contributed by atoms with van der Waals surface area (Å²) in [6.45, 7) is 1.75. The number of rotatable bonds is 1. The van der Waals surface area contributed by atoms with Crippen molar-refractivity contribution in [1.82, 2.24) is 0 Å². The fourth-order valence-electron chi connectivity index (χ4n) is 0.607. The van der Waals surface area contributed by atoms with Gasteiger partial charge in [0.2, 0.25) is 0 Å². The van der Waals surface area contributed by atoms with E-state index in [2.05, 4.69) is 12.2 Å². The highest BCUT2D eigenvalue weighted by Crippen LogP contribution is 2.08. The van der Waals surface area contributed by atoms with Crippen LogP contribution in [0.4, 0.5) is 0 Å². The van der Waals surface area contributed by atoms with Crippen LogP contribution in [0, 0.1) is 6.92 Å². The maximum absolute atomic E-state index is 8.76. The maximum Gasteiger partial charge on any atom is 0.192 e. The van der Waals surface area contributed by atoms with Gasteiger partial charge in [-0.05, 0) is 25.2 Å². The molecule has 0 amide bonds. The molecular formula is C6H6O2S.